The van der Waals surface area contributed by atoms with Crippen LogP contribution in [0, 0.1) is 0 Å². The first-order chi connectivity index (χ1) is 12.7. The maximum absolute atomic E-state index is 12.7. The van der Waals surface area contributed by atoms with E-state index in [-0.39, 0.29) is 5.91 Å². The fraction of sp³-hybridized carbons (Fsp3) is 0.0625. The van der Waals surface area contributed by atoms with Gasteiger partial charge in [0.05, 0.1) is 29.6 Å². The van der Waals surface area contributed by atoms with Gasteiger partial charge in [-0.1, -0.05) is 11.6 Å². The van der Waals surface area contributed by atoms with Crippen LogP contribution in [0.1, 0.15) is 10.4 Å². The van der Waals surface area contributed by atoms with E-state index in [1.165, 1.54) is 24.0 Å². The van der Waals surface area contributed by atoms with Crippen molar-refractivity contribution in [3.63, 3.8) is 0 Å². The van der Waals surface area contributed by atoms with E-state index < -0.39 is 0 Å². The number of rotatable bonds is 4. The fourth-order valence-corrected chi connectivity index (χ4v) is 2.68. The van der Waals surface area contributed by atoms with Crippen molar-refractivity contribution >= 4 is 28.8 Å². The van der Waals surface area contributed by atoms with Crippen LogP contribution in [0.3, 0.4) is 0 Å². The van der Waals surface area contributed by atoms with Gasteiger partial charge in [-0.25, -0.2) is 14.5 Å². The molecule has 0 aromatic carbocycles. The number of methoxy groups -OCH3 is 1. The number of H-pyrrole nitrogens is 1. The summed E-state index contributed by atoms with van der Waals surface area (Å²) < 4.78 is 6.78. The van der Waals surface area contributed by atoms with E-state index in [0.29, 0.717) is 39.1 Å². The molecule has 2 N–H and O–H groups in total. The molecule has 0 saturated carbocycles. The van der Waals surface area contributed by atoms with Gasteiger partial charge < -0.3 is 10.1 Å². The van der Waals surface area contributed by atoms with Gasteiger partial charge in [-0.15, -0.1) is 0 Å². The number of aromatic nitrogens is 6. The molecule has 0 saturated heterocycles. The number of nitrogens with zero attached hydrogens (tertiary/aromatic N) is 5. The van der Waals surface area contributed by atoms with Gasteiger partial charge in [-0.2, -0.15) is 10.2 Å². The average Bonchev–Trinajstić information content (AvgIpc) is 3.28. The minimum atomic E-state index is -0.365. The molecular weight excluding hydrogens is 358 g/mol. The minimum absolute atomic E-state index is 0.342. The molecular formula is C16H12ClN7O2. The second kappa shape index (κ2) is 6.45. The molecule has 130 valence electrons. The molecule has 0 fully saturated rings. The Hall–Kier alpha value is -3.46. The van der Waals surface area contributed by atoms with Crippen LogP contribution in [0.15, 0.2) is 43.1 Å². The second-order valence-corrected chi connectivity index (χ2v) is 5.69. The normalized spacial score (nSPS) is 10.8. The lowest BCUT2D eigenvalue weighted by Crippen LogP contribution is -2.12. The van der Waals surface area contributed by atoms with Crippen LogP contribution in [0.5, 0.6) is 5.88 Å². The van der Waals surface area contributed by atoms with Crippen molar-refractivity contribution < 1.29 is 9.53 Å². The number of halogens is 1. The Morgan fingerprint density at radius 1 is 1.35 bits per heavy atom. The monoisotopic (exact) mass is 369 g/mol. The van der Waals surface area contributed by atoms with Crippen molar-refractivity contribution in [3.8, 4) is 17.1 Å². The van der Waals surface area contributed by atoms with Crippen molar-refractivity contribution in [3.05, 3.63) is 53.7 Å². The smallest absolute Gasteiger partial charge is 0.261 e. The third-order valence-electron chi connectivity index (χ3n) is 3.68. The summed E-state index contributed by atoms with van der Waals surface area (Å²) in [7, 11) is 1.50. The number of aromatic amines is 1. The molecule has 9 nitrogen and oxygen atoms in total. The Morgan fingerprint density at radius 2 is 2.23 bits per heavy atom. The number of carbonyl (C=O) groups is 1. The molecule has 4 aromatic heterocycles. The molecule has 0 spiro atoms. The Kier molecular flexibility index (Phi) is 3.98. The van der Waals surface area contributed by atoms with E-state index in [1.54, 1.807) is 30.7 Å². The summed E-state index contributed by atoms with van der Waals surface area (Å²) in [5, 5.41) is 14.2. The van der Waals surface area contributed by atoms with Crippen LogP contribution in [-0.2, 0) is 0 Å². The lowest BCUT2D eigenvalue weighted by Gasteiger charge is -2.08. The number of anilines is 1. The molecule has 0 bridgehead atoms. The topological polar surface area (TPSA) is 110 Å². The third-order valence-corrected chi connectivity index (χ3v) is 3.89. The molecule has 4 rings (SSSR count). The van der Waals surface area contributed by atoms with Crippen LogP contribution < -0.4 is 10.1 Å². The van der Waals surface area contributed by atoms with Gasteiger partial charge in [-0.3, -0.25) is 9.89 Å². The number of nitrogens with one attached hydrogen (secondary N) is 2. The maximum atomic E-state index is 12.7. The van der Waals surface area contributed by atoms with E-state index in [4.69, 9.17) is 16.3 Å². The third kappa shape index (κ3) is 2.74. The lowest BCUT2D eigenvalue weighted by atomic mass is 10.1. The van der Waals surface area contributed by atoms with E-state index in [1.807, 2.05) is 0 Å². The highest BCUT2D eigenvalue weighted by molar-refractivity contribution is 6.30. The molecule has 0 aliphatic heterocycles. The molecule has 1 amide bonds. The Morgan fingerprint density at radius 3 is 3.08 bits per heavy atom. The number of hydrogen-bond acceptors (Lipinski definition) is 6. The molecule has 0 aliphatic carbocycles. The van der Waals surface area contributed by atoms with Crippen molar-refractivity contribution in [1.29, 1.82) is 0 Å². The summed E-state index contributed by atoms with van der Waals surface area (Å²) in [5.41, 5.74) is 2.25. The predicted octanol–water partition coefficient (Wildman–Crippen LogP) is 2.43. The maximum Gasteiger partial charge on any atom is 0.261 e. The molecule has 4 heterocycles. The number of ether oxygens (including phenoxy) is 1. The summed E-state index contributed by atoms with van der Waals surface area (Å²) >= 11 is 6.03. The second-order valence-electron chi connectivity index (χ2n) is 5.26. The molecule has 0 aliphatic rings. The number of carbonyl (C=O) groups excluding carboxylic acids is 1. The highest BCUT2D eigenvalue weighted by atomic mass is 35.5. The SMILES string of the molecule is COc1ncc(Cl)cc1-c1n[nH]cc1NC(=O)c1cnn2cccnc12. The number of pyridine rings is 1. The molecule has 0 unspecified atom stereocenters. The lowest BCUT2D eigenvalue weighted by molar-refractivity contribution is 0.102. The number of fused-ring (bicyclic) bond motifs is 1. The van der Waals surface area contributed by atoms with Crippen molar-refractivity contribution in [2.75, 3.05) is 12.4 Å². The fourth-order valence-electron chi connectivity index (χ4n) is 2.53. The van der Waals surface area contributed by atoms with Gasteiger partial charge in [0, 0.05) is 24.8 Å². The van der Waals surface area contributed by atoms with Gasteiger partial charge in [0.25, 0.3) is 5.91 Å². The summed E-state index contributed by atoms with van der Waals surface area (Å²) in [6.45, 7) is 0. The molecule has 10 heteroatoms. The minimum Gasteiger partial charge on any atom is -0.481 e. The number of amides is 1. The molecule has 0 radical (unpaired) electrons. The molecule has 26 heavy (non-hydrogen) atoms. The van der Waals surface area contributed by atoms with E-state index >= 15 is 0 Å². The standard InChI is InChI=1S/C16H12ClN7O2/c1-26-16-10(5-9(17)6-19-16)13-12(8-20-23-13)22-15(25)11-7-21-24-4-2-3-18-14(11)24/h2-8H,1H3,(H,20,23)(H,22,25). The molecule has 4 aromatic rings. The summed E-state index contributed by atoms with van der Waals surface area (Å²) in [6, 6.07) is 3.39. The molecule has 0 atom stereocenters. The van der Waals surface area contributed by atoms with Crippen LogP contribution in [0.25, 0.3) is 16.9 Å². The van der Waals surface area contributed by atoms with Gasteiger partial charge >= 0.3 is 0 Å². The van der Waals surface area contributed by atoms with Gasteiger partial charge in [0.1, 0.15) is 11.3 Å². The van der Waals surface area contributed by atoms with Crippen molar-refractivity contribution in [1.82, 2.24) is 29.8 Å². The average molecular weight is 370 g/mol. The number of hydrogen-bond donors (Lipinski definition) is 2. The van der Waals surface area contributed by atoms with E-state index in [9.17, 15) is 4.79 Å². The summed E-state index contributed by atoms with van der Waals surface area (Å²) in [4.78, 5) is 21.0. The zero-order chi connectivity index (χ0) is 18.1. The van der Waals surface area contributed by atoms with Crippen LogP contribution in [0.2, 0.25) is 5.02 Å². The van der Waals surface area contributed by atoms with Crippen LogP contribution in [-0.4, -0.2) is 42.8 Å². The van der Waals surface area contributed by atoms with E-state index in [2.05, 4.69) is 30.6 Å². The highest BCUT2D eigenvalue weighted by Crippen LogP contribution is 2.33. The van der Waals surface area contributed by atoms with E-state index in [0.717, 1.165) is 0 Å². The first kappa shape index (κ1) is 16.0. The first-order valence-electron chi connectivity index (χ1n) is 7.51. The van der Waals surface area contributed by atoms with Crippen molar-refractivity contribution in [2.45, 2.75) is 0 Å². The highest BCUT2D eigenvalue weighted by Gasteiger charge is 2.19. The van der Waals surface area contributed by atoms with Gasteiger partial charge in [0.2, 0.25) is 5.88 Å². The quantitative estimate of drug-likeness (QED) is 0.571. The Balaban J connectivity index is 1.70. The Bertz CT molecular complexity index is 1100. The largest absolute Gasteiger partial charge is 0.481 e. The van der Waals surface area contributed by atoms with Gasteiger partial charge in [-0.05, 0) is 12.1 Å². The predicted molar refractivity (Wildman–Crippen MR) is 94.3 cm³/mol. The van der Waals surface area contributed by atoms with Gasteiger partial charge in [0.15, 0.2) is 5.65 Å². The summed E-state index contributed by atoms with van der Waals surface area (Å²) in [6.07, 6.45) is 7.80. The van der Waals surface area contributed by atoms with Crippen molar-refractivity contribution in [2.24, 2.45) is 0 Å². The van der Waals surface area contributed by atoms with Crippen LogP contribution in [0.4, 0.5) is 5.69 Å². The van der Waals surface area contributed by atoms with Crippen LogP contribution >= 0.6 is 11.6 Å². The first-order valence-corrected chi connectivity index (χ1v) is 7.88. The zero-order valence-electron chi connectivity index (χ0n) is 13.5. The zero-order valence-corrected chi connectivity index (χ0v) is 14.2. The Labute approximate surface area is 152 Å². The summed E-state index contributed by atoms with van der Waals surface area (Å²) in [5.74, 6) is -0.0232.